The van der Waals surface area contributed by atoms with Crippen molar-refractivity contribution in [2.75, 3.05) is 26.3 Å². The molecule has 160 valence electrons. The van der Waals surface area contributed by atoms with Gasteiger partial charge in [-0.1, -0.05) is 26.0 Å². The van der Waals surface area contributed by atoms with Gasteiger partial charge in [0.05, 0.1) is 24.4 Å². The summed E-state index contributed by atoms with van der Waals surface area (Å²) < 4.78 is 7.81. The Morgan fingerprint density at radius 1 is 0.933 bits per heavy atom. The van der Waals surface area contributed by atoms with Gasteiger partial charge in [0.1, 0.15) is 0 Å². The molecule has 5 aliphatic rings. The van der Waals surface area contributed by atoms with Crippen LogP contribution in [0.2, 0.25) is 0 Å². The number of rotatable bonds is 4. The van der Waals surface area contributed by atoms with Crippen LogP contribution in [0.25, 0.3) is 5.69 Å². The summed E-state index contributed by atoms with van der Waals surface area (Å²) in [6.45, 7) is 8.08. The molecule has 0 amide bonds. The van der Waals surface area contributed by atoms with Crippen molar-refractivity contribution in [3.05, 3.63) is 35.7 Å². The van der Waals surface area contributed by atoms with Crippen LogP contribution in [0.3, 0.4) is 0 Å². The van der Waals surface area contributed by atoms with Crippen LogP contribution in [0.1, 0.15) is 63.3 Å². The second kappa shape index (κ2) is 7.13. The average Bonchev–Trinajstić information content (AvgIpc) is 3.24. The zero-order valence-electron chi connectivity index (χ0n) is 18.2. The van der Waals surface area contributed by atoms with E-state index >= 15 is 0 Å². The molecule has 4 saturated carbocycles. The lowest BCUT2D eigenvalue weighted by atomic mass is 9.47. The standard InChI is InChI=1S/C24H33N5O/c1-16(2)19-3-5-22(6-4-19)29-23(25-26-27-29)24(28-7-9-30-10-8-28)20-12-17-11-18(14-20)15-21(24)13-17/h3-6,16-18,20-21H,7-15H2,1-2H3. The van der Waals surface area contributed by atoms with Crippen molar-refractivity contribution >= 4 is 0 Å². The van der Waals surface area contributed by atoms with Gasteiger partial charge in [-0.25, -0.2) is 0 Å². The molecule has 0 spiro atoms. The molecule has 4 aliphatic carbocycles. The van der Waals surface area contributed by atoms with Gasteiger partial charge in [-0.3, -0.25) is 4.90 Å². The summed E-state index contributed by atoms with van der Waals surface area (Å²) in [5.74, 6) is 4.75. The average molecular weight is 408 g/mol. The number of aromatic nitrogens is 4. The number of tetrazole rings is 1. The first-order chi connectivity index (χ1) is 14.7. The molecular formula is C24H33N5O. The smallest absolute Gasteiger partial charge is 0.177 e. The van der Waals surface area contributed by atoms with Gasteiger partial charge < -0.3 is 4.74 Å². The van der Waals surface area contributed by atoms with Crippen molar-refractivity contribution in [1.82, 2.24) is 25.1 Å². The highest BCUT2D eigenvalue weighted by Gasteiger charge is 2.62. The van der Waals surface area contributed by atoms with Crippen molar-refractivity contribution in [2.45, 2.75) is 57.4 Å². The molecule has 30 heavy (non-hydrogen) atoms. The third-order valence-corrected chi connectivity index (χ3v) is 8.55. The van der Waals surface area contributed by atoms with E-state index in [9.17, 15) is 0 Å². The van der Waals surface area contributed by atoms with E-state index in [1.807, 2.05) is 0 Å². The number of morpholine rings is 1. The molecule has 0 unspecified atom stereocenters. The van der Waals surface area contributed by atoms with Crippen LogP contribution < -0.4 is 0 Å². The van der Waals surface area contributed by atoms with Crippen LogP contribution in [0.4, 0.5) is 0 Å². The minimum Gasteiger partial charge on any atom is -0.379 e. The highest BCUT2D eigenvalue weighted by molar-refractivity contribution is 5.37. The quantitative estimate of drug-likeness (QED) is 0.772. The molecule has 0 radical (unpaired) electrons. The molecule has 1 aromatic carbocycles. The topological polar surface area (TPSA) is 56.1 Å². The Morgan fingerprint density at radius 2 is 1.57 bits per heavy atom. The molecule has 0 N–H and O–H groups in total. The Balaban J connectivity index is 1.47. The van der Waals surface area contributed by atoms with Crippen LogP contribution in [-0.4, -0.2) is 51.4 Å². The molecule has 2 heterocycles. The van der Waals surface area contributed by atoms with Crippen LogP contribution in [0.15, 0.2) is 24.3 Å². The van der Waals surface area contributed by atoms with Gasteiger partial charge in [-0.05, 0) is 89.8 Å². The summed E-state index contributed by atoms with van der Waals surface area (Å²) in [4.78, 5) is 2.72. The number of benzene rings is 1. The normalized spacial score (nSPS) is 36.0. The molecular weight excluding hydrogens is 374 g/mol. The second-order valence-electron chi connectivity index (χ2n) is 10.4. The van der Waals surface area contributed by atoms with Gasteiger partial charge in [0.25, 0.3) is 0 Å². The van der Waals surface area contributed by atoms with Gasteiger partial charge in [0.15, 0.2) is 5.82 Å². The predicted octanol–water partition coefficient (Wildman–Crippen LogP) is 3.77. The molecule has 5 fully saturated rings. The zero-order chi connectivity index (χ0) is 20.3. The molecule has 1 saturated heterocycles. The van der Waals surface area contributed by atoms with E-state index < -0.39 is 0 Å². The maximum absolute atomic E-state index is 5.76. The van der Waals surface area contributed by atoms with Crippen LogP contribution >= 0.6 is 0 Å². The third-order valence-electron chi connectivity index (χ3n) is 8.55. The fourth-order valence-electron chi connectivity index (χ4n) is 7.47. The van der Waals surface area contributed by atoms with Crippen molar-refractivity contribution in [3.63, 3.8) is 0 Å². The van der Waals surface area contributed by atoms with E-state index in [0.717, 1.165) is 49.7 Å². The molecule has 2 aromatic rings. The van der Waals surface area contributed by atoms with Crippen LogP contribution in [0.5, 0.6) is 0 Å². The van der Waals surface area contributed by atoms with Crippen molar-refractivity contribution < 1.29 is 4.74 Å². The SMILES string of the molecule is CC(C)c1ccc(-n2nnnc2C2(N3CCOCC3)C3CC4CC(C3)CC2C4)cc1. The molecule has 6 heteroatoms. The summed E-state index contributed by atoms with van der Waals surface area (Å²) >= 11 is 0. The van der Waals surface area contributed by atoms with Crippen molar-refractivity contribution in [2.24, 2.45) is 23.7 Å². The fourth-order valence-corrected chi connectivity index (χ4v) is 7.47. The Hall–Kier alpha value is -1.79. The minimum atomic E-state index is -0.0442. The van der Waals surface area contributed by atoms with Gasteiger partial charge in [-0.2, -0.15) is 4.68 Å². The highest BCUT2D eigenvalue weighted by Crippen LogP contribution is 2.63. The monoisotopic (exact) mass is 407 g/mol. The summed E-state index contributed by atoms with van der Waals surface area (Å²) in [5.41, 5.74) is 2.39. The van der Waals surface area contributed by atoms with Gasteiger partial charge in [0.2, 0.25) is 0 Å². The Kier molecular flexibility index (Phi) is 4.50. The summed E-state index contributed by atoms with van der Waals surface area (Å²) in [7, 11) is 0. The first-order valence-electron chi connectivity index (χ1n) is 11.9. The first kappa shape index (κ1) is 18.9. The number of ether oxygens (including phenoxy) is 1. The van der Waals surface area contributed by atoms with Crippen molar-refractivity contribution in [3.8, 4) is 5.69 Å². The molecule has 4 bridgehead atoms. The lowest BCUT2D eigenvalue weighted by Crippen LogP contribution is -2.66. The van der Waals surface area contributed by atoms with E-state index in [4.69, 9.17) is 9.84 Å². The Bertz CT molecular complexity index is 865. The lowest BCUT2D eigenvalue weighted by molar-refractivity contribution is -0.166. The summed E-state index contributed by atoms with van der Waals surface area (Å²) in [5, 5.41) is 13.5. The zero-order valence-corrected chi connectivity index (χ0v) is 18.2. The van der Waals surface area contributed by atoms with Gasteiger partial charge in [0, 0.05) is 13.1 Å². The summed E-state index contributed by atoms with van der Waals surface area (Å²) in [6, 6.07) is 8.84. The second-order valence-corrected chi connectivity index (χ2v) is 10.4. The number of hydrogen-bond acceptors (Lipinski definition) is 5. The van der Waals surface area contributed by atoms with E-state index in [2.05, 4.69) is 58.1 Å². The van der Waals surface area contributed by atoms with E-state index in [1.165, 1.54) is 37.7 Å². The molecule has 6 nitrogen and oxygen atoms in total. The number of nitrogens with zero attached hydrogens (tertiary/aromatic N) is 5. The summed E-state index contributed by atoms with van der Waals surface area (Å²) in [6.07, 6.45) is 6.80. The fraction of sp³-hybridized carbons (Fsp3) is 0.708. The Morgan fingerprint density at radius 3 is 2.17 bits per heavy atom. The van der Waals surface area contributed by atoms with Gasteiger partial charge >= 0.3 is 0 Å². The largest absolute Gasteiger partial charge is 0.379 e. The predicted molar refractivity (Wildman–Crippen MR) is 114 cm³/mol. The lowest BCUT2D eigenvalue weighted by Gasteiger charge is -2.64. The van der Waals surface area contributed by atoms with Crippen LogP contribution in [0, 0.1) is 23.7 Å². The Labute approximate surface area is 179 Å². The van der Waals surface area contributed by atoms with Crippen molar-refractivity contribution in [1.29, 1.82) is 0 Å². The molecule has 1 aliphatic heterocycles. The minimum absolute atomic E-state index is 0.0442. The maximum Gasteiger partial charge on any atom is 0.177 e. The maximum atomic E-state index is 5.76. The molecule has 0 atom stereocenters. The van der Waals surface area contributed by atoms with Crippen LogP contribution in [-0.2, 0) is 10.3 Å². The number of hydrogen-bond donors (Lipinski definition) is 0. The van der Waals surface area contributed by atoms with Gasteiger partial charge in [-0.15, -0.1) is 5.10 Å². The molecule has 7 rings (SSSR count). The first-order valence-corrected chi connectivity index (χ1v) is 11.9. The molecule has 1 aromatic heterocycles. The van der Waals surface area contributed by atoms with E-state index in [-0.39, 0.29) is 5.54 Å². The highest BCUT2D eigenvalue weighted by atomic mass is 16.5. The van der Waals surface area contributed by atoms with E-state index in [1.54, 1.807) is 0 Å². The van der Waals surface area contributed by atoms with E-state index in [0.29, 0.717) is 17.8 Å². The third kappa shape index (κ3) is 2.72.